The zero-order chi connectivity index (χ0) is 35.2. The maximum Gasteiger partial charge on any atom is 0.124 e. The first kappa shape index (κ1) is 27.3. The summed E-state index contributed by atoms with van der Waals surface area (Å²) in [5.41, 5.74) is 5.33. The second-order valence-corrected chi connectivity index (χ2v) is 18.2. The molecule has 0 amide bonds. The van der Waals surface area contributed by atoms with E-state index < -0.39 is 26.7 Å². The Morgan fingerprint density at radius 1 is 0.886 bits per heavy atom. The average molecular weight is 800 g/mol. The number of hydrogen-bond donors (Lipinski definition) is 0. The van der Waals surface area contributed by atoms with E-state index in [1.54, 1.807) is 35.7 Å². The van der Waals surface area contributed by atoms with Crippen molar-refractivity contribution in [3.8, 4) is 22.5 Å². The molecule has 3 aromatic heterocycles. The molecule has 0 saturated carbocycles. The molecule has 0 aliphatic carbocycles. The van der Waals surface area contributed by atoms with Gasteiger partial charge in [-0.05, 0) is 56.6 Å². The largest absolute Gasteiger partial charge is 0.305 e. The van der Waals surface area contributed by atoms with Crippen molar-refractivity contribution in [1.82, 2.24) is 9.97 Å². The first-order chi connectivity index (χ1) is 22.2. The van der Waals surface area contributed by atoms with Crippen LogP contribution in [-0.2, 0) is 20.1 Å². The fourth-order valence-electron chi connectivity index (χ4n) is 4.98. The summed E-state index contributed by atoms with van der Waals surface area (Å²) in [4.78, 5) is 9.04. The number of benzene rings is 3. The number of pyridine rings is 2. The van der Waals surface area contributed by atoms with Gasteiger partial charge in [-0.2, -0.15) is 11.3 Å². The molecule has 0 unspecified atom stereocenters. The molecule has 3 heterocycles. The molecule has 0 spiro atoms. The Labute approximate surface area is 287 Å². The van der Waals surface area contributed by atoms with Crippen molar-refractivity contribution in [1.29, 1.82) is 0 Å². The SMILES string of the molecule is [2H]C(C)(C)c1ccnc(-c2[c-]ccc3c2sc2cc(F)ccc23)c1.[2H]C([2H])([2H])c1c[c-]c(-c2cc(C([2H])(C)C)c([Si](C)(C)C)cn2)cc1.[Ir]. The van der Waals surface area contributed by atoms with E-state index in [1.807, 2.05) is 70.3 Å². The van der Waals surface area contributed by atoms with E-state index in [9.17, 15) is 4.39 Å². The van der Waals surface area contributed by atoms with Crippen LogP contribution in [-0.4, -0.2) is 18.0 Å². The first-order valence-electron chi connectivity index (χ1n) is 16.8. The summed E-state index contributed by atoms with van der Waals surface area (Å²) >= 11 is 1.55. The first-order valence-corrected chi connectivity index (χ1v) is 18.6. The predicted molar refractivity (Wildman–Crippen MR) is 186 cm³/mol. The van der Waals surface area contributed by atoms with Crippen LogP contribution in [0.3, 0.4) is 0 Å². The Balaban J connectivity index is 0.000000216. The monoisotopic (exact) mass is 800 g/mol. The summed E-state index contributed by atoms with van der Waals surface area (Å²) in [5.74, 6) is -1.63. The van der Waals surface area contributed by atoms with Crippen molar-refractivity contribution in [2.45, 2.75) is 66.0 Å². The van der Waals surface area contributed by atoms with E-state index in [0.717, 1.165) is 53.8 Å². The molecule has 3 aromatic carbocycles. The minimum absolute atomic E-state index is 0. The molecule has 0 fully saturated rings. The molecule has 0 bridgehead atoms. The second-order valence-electron chi connectivity index (χ2n) is 12.1. The summed E-state index contributed by atoms with van der Waals surface area (Å²) in [6.07, 6.45) is 3.62. The fourth-order valence-corrected chi connectivity index (χ4v) is 7.80. The smallest absolute Gasteiger partial charge is 0.124 e. The standard InChI is InChI=1S/C20H15FNS.C18H24NSi.Ir/c1-12(2)13-8-9-22-18(10-13)17-5-3-4-16-15-7-6-14(21)11-19(15)23-20(16)17;1-13(2)16-11-17(15-9-7-14(3)8-10-15)19-12-18(16)20(4,5)6;/h3-4,6-12H,1-2H3;7-9,11-13H,1-6H3;/q2*-1;/i12D;3D3,13D;. The van der Waals surface area contributed by atoms with Gasteiger partial charge in [0.25, 0.3) is 0 Å². The van der Waals surface area contributed by atoms with E-state index in [2.05, 4.69) is 41.7 Å². The maximum absolute atomic E-state index is 13.5. The Morgan fingerprint density at radius 2 is 1.68 bits per heavy atom. The van der Waals surface area contributed by atoms with Gasteiger partial charge in [0.1, 0.15) is 5.82 Å². The number of nitrogens with zero attached hydrogens (tertiary/aromatic N) is 2. The summed E-state index contributed by atoms with van der Waals surface area (Å²) in [7, 11) is -1.61. The topological polar surface area (TPSA) is 25.8 Å². The molecular weight excluding hydrogens is 756 g/mol. The molecule has 0 aliphatic heterocycles. The van der Waals surface area contributed by atoms with Gasteiger partial charge in [0.15, 0.2) is 0 Å². The molecule has 2 nitrogen and oxygen atoms in total. The second kappa shape index (κ2) is 14.0. The summed E-state index contributed by atoms with van der Waals surface area (Å²) in [5, 5.41) is 3.31. The van der Waals surface area contributed by atoms with Gasteiger partial charge in [0.2, 0.25) is 0 Å². The molecule has 0 saturated heterocycles. The average Bonchev–Trinajstić information content (AvgIpc) is 3.37. The number of hydrogen-bond acceptors (Lipinski definition) is 3. The molecular formula is C38H39FIrN2SSi-2. The van der Waals surface area contributed by atoms with Gasteiger partial charge in [-0.15, -0.1) is 59.2 Å². The molecule has 0 atom stereocenters. The van der Waals surface area contributed by atoms with Crippen molar-refractivity contribution < 1.29 is 31.3 Å². The molecule has 1 radical (unpaired) electrons. The zero-order valence-electron chi connectivity index (χ0n) is 31.0. The van der Waals surface area contributed by atoms with E-state index >= 15 is 0 Å². The molecule has 0 aliphatic rings. The Morgan fingerprint density at radius 3 is 2.34 bits per heavy atom. The van der Waals surface area contributed by atoms with Crippen LogP contribution in [0.4, 0.5) is 4.39 Å². The van der Waals surface area contributed by atoms with Gasteiger partial charge < -0.3 is 9.97 Å². The van der Waals surface area contributed by atoms with Crippen LogP contribution >= 0.6 is 11.3 Å². The van der Waals surface area contributed by atoms with E-state index in [0.29, 0.717) is 0 Å². The molecule has 0 N–H and O–H groups in total. The molecule has 6 heteroatoms. The minimum Gasteiger partial charge on any atom is -0.305 e. The Hall–Kier alpha value is -3.02. The third kappa shape index (κ3) is 7.43. The van der Waals surface area contributed by atoms with Crippen LogP contribution in [0.2, 0.25) is 19.6 Å². The van der Waals surface area contributed by atoms with Gasteiger partial charge in [0, 0.05) is 44.1 Å². The number of rotatable bonds is 5. The minimum atomic E-state index is -2.13. The Bertz CT molecular complexity index is 2090. The van der Waals surface area contributed by atoms with Gasteiger partial charge in [0.05, 0.1) is 8.07 Å². The maximum atomic E-state index is 13.5. The summed E-state index contributed by atoms with van der Waals surface area (Å²) < 4.78 is 54.5. The van der Waals surface area contributed by atoms with Crippen LogP contribution in [0, 0.1) is 24.8 Å². The van der Waals surface area contributed by atoms with Crippen molar-refractivity contribution in [3.05, 3.63) is 114 Å². The summed E-state index contributed by atoms with van der Waals surface area (Å²) in [6.45, 7) is 12.1. The fraction of sp³-hybridized carbons (Fsp3) is 0.263. The molecule has 6 aromatic rings. The van der Waals surface area contributed by atoms with Crippen LogP contribution in [0.25, 0.3) is 42.7 Å². The van der Waals surface area contributed by atoms with Gasteiger partial charge in [-0.25, -0.2) is 4.39 Å². The number of aryl methyl sites for hydroxylation is 1. The quantitative estimate of drug-likeness (QED) is 0.128. The molecule has 44 heavy (non-hydrogen) atoms. The van der Waals surface area contributed by atoms with E-state index in [4.69, 9.17) is 6.85 Å². The van der Waals surface area contributed by atoms with Crippen LogP contribution in [0.1, 0.15) is 63.0 Å². The predicted octanol–water partition coefficient (Wildman–Crippen LogP) is 10.7. The third-order valence-electron chi connectivity index (χ3n) is 7.33. The van der Waals surface area contributed by atoms with Crippen molar-refractivity contribution in [2.24, 2.45) is 0 Å². The number of aromatic nitrogens is 2. The van der Waals surface area contributed by atoms with Gasteiger partial charge in [-0.3, -0.25) is 0 Å². The van der Waals surface area contributed by atoms with Crippen LogP contribution in [0.15, 0.2) is 79.1 Å². The summed E-state index contributed by atoms with van der Waals surface area (Å²) in [6, 6.07) is 25.7. The van der Waals surface area contributed by atoms with Crippen molar-refractivity contribution in [2.75, 3.05) is 0 Å². The van der Waals surface area contributed by atoms with E-state index in [-0.39, 0.29) is 31.5 Å². The van der Waals surface area contributed by atoms with Crippen molar-refractivity contribution in [3.63, 3.8) is 0 Å². The Kier molecular flexibility index (Phi) is 8.66. The number of fused-ring (bicyclic) bond motifs is 3. The third-order valence-corrected chi connectivity index (χ3v) is 10.5. The van der Waals surface area contributed by atoms with Gasteiger partial charge in [-0.1, -0.05) is 88.9 Å². The molecule has 229 valence electrons. The van der Waals surface area contributed by atoms with Crippen LogP contribution < -0.4 is 5.19 Å². The van der Waals surface area contributed by atoms with Gasteiger partial charge >= 0.3 is 0 Å². The van der Waals surface area contributed by atoms with Crippen LogP contribution in [0.5, 0.6) is 0 Å². The number of halogens is 1. The molecule has 6 rings (SSSR count). The normalized spacial score (nSPS) is 14.0. The van der Waals surface area contributed by atoms with Crippen molar-refractivity contribution >= 4 is 44.8 Å². The van der Waals surface area contributed by atoms with E-state index in [1.165, 1.54) is 17.3 Å². The number of thiophene rings is 1. The zero-order valence-corrected chi connectivity index (χ0v) is 30.2.